The third-order valence-electron chi connectivity index (χ3n) is 4.63. The van der Waals surface area contributed by atoms with Gasteiger partial charge in [-0.1, -0.05) is 26.2 Å². The van der Waals surface area contributed by atoms with Crippen LogP contribution >= 0.6 is 0 Å². The first-order chi connectivity index (χ1) is 10.1. The Labute approximate surface area is 124 Å². The lowest BCUT2D eigenvalue weighted by molar-refractivity contribution is 0.233. The zero-order valence-corrected chi connectivity index (χ0v) is 12.5. The number of nitrogens with two attached hydrogens (primary N) is 1. The largest absolute Gasteiger partial charge is 0.398 e. The molecule has 0 atom stereocenters. The number of pyridine rings is 1. The Hall–Kier alpha value is -1.84. The van der Waals surface area contributed by atoms with Crippen LogP contribution in [0.25, 0.3) is 10.9 Å². The fourth-order valence-electron chi connectivity index (χ4n) is 3.29. The third kappa shape index (κ3) is 2.80. The molecule has 0 aliphatic heterocycles. The maximum atomic E-state index is 14.3. The topological polar surface area (TPSA) is 50.9 Å². The van der Waals surface area contributed by atoms with Gasteiger partial charge in [-0.15, -0.1) is 0 Å². The monoisotopic (exact) mass is 287 g/mol. The second-order valence-corrected chi connectivity index (χ2v) is 6.45. The van der Waals surface area contributed by atoms with Gasteiger partial charge in [-0.05, 0) is 36.5 Å². The molecule has 1 aliphatic rings. The number of aromatic nitrogens is 1. The van der Waals surface area contributed by atoms with Crippen LogP contribution in [0.2, 0.25) is 0 Å². The van der Waals surface area contributed by atoms with Crippen LogP contribution in [0.15, 0.2) is 24.4 Å². The smallest absolute Gasteiger partial charge is 0.150 e. The second-order valence-electron chi connectivity index (χ2n) is 6.45. The minimum absolute atomic E-state index is 0.243. The van der Waals surface area contributed by atoms with Crippen molar-refractivity contribution in [1.82, 2.24) is 4.98 Å². The molecule has 21 heavy (non-hydrogen) atoms. The highest BCUT2D eigenvalue weighted by Crippen LogP contribution is 2.37. The summed E-state index contributed by atoms with van der Waals surface area (Å²) in [5.41, 5.74) is 7.66. The molecule has 0 radical (unpaired) electrons. The van der Waals surface area contributed by atoms with Crippen LogP contribution in [-0.2, 0) is 0 Å². The Kier molecular flexibility index (Phi) is 3.70. The molecule has 1 aromatic heterocycles. The van der Waals surface area contributed by atoms with Crippen LogP contribution in [0.5, 0.6) is 0 Å². The van der Waals surface area contributed by atoms with Crippen LogP contribution < -0.4 is 11.1 Å². The molecule has 0 bridgehead atoms. The highest BCUT2D eigenvalue weighted by molar-refractivity contribution is 5.98. The molecule has 1 saturated carbocycles. The number of nitrogens with one attached hydrogen (secondary N) is 1. The Bertz CT molecular complexity index is 648. The van der Waals surface area contributed by atoms with Gasteiger partial charge in [0.05, 0.1) is 11.2 Å². The van der Waals surface area contributed by atoms with E-state index in [2.05, 4.69) is 17.2 Å². The summed E-state index contributed by atoms with van der Waals surface area (Å²) >= 11 is 0. The SMILES string of the molecule is CC1(CNc2c(F)cc(N)c3cccnc23)CCCCC1. The van der Waals surface area contributed by atoms with Crippen molar-refractivity contribution in [3.8, 4) is 0 Å². The highest BCUT2D eigenvalue weighted by Gasteiger charge is 2.27. The molecule has 0 spiro atoms. The molecule has 112 valence electrons. The van der Waals surface area contributed by atoms with Crippen molar-refractivity contribution >= 4 is 22.3 Å². The zero-order valence-electron chi connectivity index (χ0n) is 12.5. The quantitative estimate of drug-likeness (QED) is 0.826. The number of hydrogen-bond acceptors (Lipinski definition) is 3. The van der Waals surface area contributed by atoms with E-state index in [-0.39, 0.29) is 11.2 Å². The van der Waals surface area contributed by atoms with E-state index in [1.165, 1.54) is 38.2 Å². The number of nitrogen functional groups attached to an aromatic ring is 1. The lowest BCUT2D eigenvalue weighted by Gasteiger charge is -2.34. The average molecular weight is 287 g/mol. The summed E-state index contributed by atoms with van der Waals surface area (Å²) in [7, 11) is 0. The van der Waals surface area contributed by atoms with Gasteiger partial charge in [-0.2, -0.15) is 0 Å². The van der Waals surface area contributed by atoms with Gasteiger partial charge >= 0.3 is 0 Å². The Balaban J connectivity index is 1.90. The van der Waals surface area contributed by atoms with Crippen LogP contribution in [-0.4, -0.2) is 11.5 Å². The summed E-state index contributed by atoms with van der Waals surface area (Å²) in [5, 5.41) is 4.10. The van der Waals surface area contributed by atoms with Gasteiger partial charge < -0.3 is 11.1 Å². The summed E-state index contributed by atoms with van der Waals surface area (Å²) in [6.45, 7) is 3.06. The first-order valence-corrected chi connectivity index (χ1v) is 7.66. The van der Waals surface area contributed by atoms with Crippen LogP contribution in [0.1, 0.15) is 39.0 Å². The molecule has 0 saturated heterocycles. The zero-order chi connectivity index (χ0) is 14.9. The summed E-state index contributed by atoms with van der Waals surface area (Å²) < 4.78 is 14.3. The minimum atomic E-state index is -0.321. The van der Waals surface area contributed by atoms with Gasteiger partial charge in [0, 0.05) is 23.8 Å². The van der Waals surface area contributed by atoms with E-state index in [1.807, 2.05) is 12.1 Å². The number of fused-ring (bicyclic) bond motifs is 1. The number of anilines is 2. The number of benzene rings is 1. The Morgan fingerprint density at radius 2 is 2.10 bits per heavy atom. The summed E-state index contributed by atoms with van der Waals surface area (Å²) in [6.07, 6.45) is 7.91. The molecule has 3 nitrogen and oxygen atoms in total. The van der Waals surface area contributed by atoms with Crippen molar-refractivity contribution in [1.29, 1.82) is 0 Å². The number of hydrogen-bond donors (Lipinski definition) is 2. The van der Waals surface area contributed by atoms with Gasteiger partial charge in [-0.25, -0.2) is 4.39 Å². The Morgan fingerprint density at radius 3 is 2.86 bits per heavy atom. The van der Waals surface area contributed by atoms with Crippen LogP contribution in [0, 0.1) is 11.2 Å². The molecule has 1 aromatic carbocycles. The fourth-order valence-corrected chi connectivity index (χ4v) is 3.29. The van der Waals surface area contributed by atoms with E-state index in [4.69, 9.17) is 5.73 Å². The van der Waals surface area contributed by atoms with Gasteiger partial charge in [0.25, 0.3) is 0 Å². The minimum Gasteiger partial charge on any atom is -0.398 e. The average Bonchev–Trinajstić information content (AvgIpc) is 2.48. The predicted molar refractivity (Wildman–Crippen MR) is 85.8 cm³/mol. The van der Waals surface area contributed by atoms with E-state index in [0.29, 0.717) is 16.9 Å². The first-order valence-electron chi connectivity index (χ1n) is 7.66. The fraction of sp³-hybridized carbons (Fsp3) is 0.471. The van der Waals surface area contributed by atoms with Crippen molar-refractivity contribution in [2.75, 3.05) is 17.6 Å². The van der Waals surface area contributed by atoms with E-state index in [1.54, 1.807) is 6.20 Å². The third-order valence-corrected chi connectivity index (χ3v) is 4.63. The van der Waals surface area contributed by atoms with Gasteiger partial charge in [-0.3, -0.25) is 4.98 Å². The Morgan fingerprint density at radius 1 is 1.33 bits per heavy atom. The van der Waals surface area contributed by atoms with E-state index < -0.39 is 0 Å². The highest BCUT2D eigenvalue weighted by atomic mass is 19.1. The predicted octanol–water partition coefficient (Wildman–Crippen LogP) is 4.34. The first kappa shape index (κ1) is 14.1. The summed E-state index contributed by atoms with van der Waals surface area (Å²) in [6, 6.07) is 5.09. The molecule has 2 aromatic rings. The summed E-state index contributed by atoms with van der Waals surface area (Å²) in [5.74, 6) is -0.321. The molecular formula is C17H22FN3. The van der Waals surface area contributed by atoms with Crippen LogP contribution in [0.4, 0.5) is 15.8 Å². The van der Waals surface area contributed by atoms with Crippen molar-refractivity contribution in [3.63, 3.8) is 0 Å². The van der Waals surface area contributed by atoms with Crippen molar-refractivity contribution in [2.45, 2.75) is 39.0 Å². The molecule has 3 N–H and O–H groups in total. The lowest BCUT2D eigenvalue weighted by atomic mass is 9.75. The van der Waals surface area contributed by atoms with Gasteiger partial charge in [0.1, 0.15) is 0 Å². The van der Waals surface area contributed by atoms with E-state index in [9.17, 15) is 4.39 Å². The van der Waals surface area contributed by atoms with Crippen molar-refractivity contribution < 1.29 is 4.39 Å². The maximum absolute atomic E-state index is 14.3. The molecule has 1 aliphatic carbocycles. The summed E-state index contributed by atoms with van der Waals surface area (Å²) in [4.78, 5) is 4.31. The van der Waals surface area contributed by atoms with E-state index >= 15 is 0 Å². The van der Waals surface area contributed by atoms with Crippen molar-refractivity contribution in [2.24, 2.45) is 5.41 Å². The molecule has 1 heterocycles. The second kappa shape index (κ2) is 5.51. The molecule has 3 rings (SSSR count). The van der Waals surface area contributed by atoms with Gasteiger partial charge in [0.2, 0.25) is 0 Å². The molecule has 0 unspecified atom stereocenters. The molecule has 1 fully saturated rings. The van der Waals surface area contributed by atoms with Crippen molar-refractivity contribution in [3.05, 3.63) is 30.2 Å². The molecular weight excluding hydrogens is 265 g/mol. The molecule has 0 amide bonds. The van der Waals surface area contributed by atoms with Gasteiger partial charge in [0.15, 0.2) is 5.82 Å². The standard InChI is InChI=1S/C17H22FN3/c1-17(7-3-2-4-8-17)11-21-16-13(18)10-14(19)12-6-5-9-20-15(12)16/h5-6,9-10,21H,2-4,7-8,11,19H2,1H3. The molecule has 4 heteroatoms. The normalized spacial score (nSPS) is 17.8. The maximum Gasteiger partial charge on any atom is 0.150 e. The number of halogens is 1. The number of rotatable bonds is 3. The lowest BCUT2D eigenvalue weighted by Crippen LogP contribution is -2.29. The van der Waals surface area contributed by atoms with Crippen LogP contribution in [0.3, 0.4) is 0 Å². The number of nitrogens with zero attached hydrogens (tertiary/aromatic N) is 1. The van der Waals surface area contributed by atoms with E-state index in [0.717, 1.165) is 11.9 Å².